The summed E-state index contributed by atoms with van der Waals surface area (Å²) in [4.78, 5) is 0. The Hall–Kier alpha value is -11.1. The predicted molar refractivity (Wildman–Crippen MR) is 369 cm³/mol. The molecule has 0 amide bonds. The normalized spacial score (nSPS) is 14.5. The molecule has 0 saturated carbocycles. The minimum absolute atomic E-state index is 0.258. The van der Waals surface area contributed by atoms with Gasteiger partial charge in [0.2, 0.25) is 0 Å². The topological polar surface area (TPSA) is 9.86 Å². The second kappa shape index (κ2) is 19.5. The second-order valence-electron chi connectivity index (χ2n) is 23.9. The fourth-order valence-corrected chi connectivity index (χ4v) is 15.1. The average molecular weight is 1110 g/mol. The number of fused-ring (bicyclic) bond motifs is 16. The summed E-state index contributed by atoms with van der Waals surface area (Å²) in [5.41, 5.74) is 25.0. The van der Waals surface area contributed by atoms with Gasteiger partial charge in [-0.25, -0.2) is 0 Å². The number of para-hydroxylation sites is 2. The van der Waals surface area contributed by atoms with E-state index in [0.29, 0.717) is 0 Å². The van der Waals surface area contributed by atoms with Gasteiger partial charge in [-0.3, -0.25) is 0 Å². The SMILES string of the molecule is C(=Cc1ccc2c(c1)C1(CCc3cc4ccccc4cc31)c1cc(C=Cc3ccc(-c4ccc5c(c4)c4ccccc4n5-c4cccc5ccccc45)cc3)ccc1-2)c1ccc(-c2ccc3c(c2)c2ccccc2n3-c2cccc3ccccc23)cc1. The number of hydrogen-bond acceptors (Lipinski definition) is 0. The van der Waals surface area contributed by atoms with Crippen LogP contribution in [0, 0.1) is 0 Å². The van der Waals surface area contributed by atoms with Crippen molar-refractivity contribution in [1.29, 1.82) is 0 Å². The molecule has 1 spiro atoms. The number of aryl methyl sites for hydroxylation is 1. The van der Waals surface area contributed by atoms with E-state index in [9.17, 15) is 0 Å². The van der Waals surface area contributed by atoms with Crippen molar-refractivity contribution in [3.8, 4) is 44.8 Å². The van der Waals surface area contributed by atoms with E-state index in [1.165, 1.54) is 165 Å². The van der Waals surface area contributed by atoms with Crippen LogP contribution < -0.4 is 0 Å². The molecule has 2 aromatic heterocycles. The molecular formula is C85H56N2. The van der Waals surface area contributed by atoms with Crippen LogP contribution in [0.1, 0.15) is 50.9 Å². The molecule has 2 aliphatic rings. The van der Waals surface area contributed by atoms with Gasteiger partial charge >= 0.3 is 0 Å². The van der Waals surface area contributed by atoms with E-state index in [4.69, 9.17) is 0 Å². The lowest BCUT2D eigenvalue weighted by atomic mass is 9.72. The van der Waals surface area contributed by atoms with E-state index in [0.717, 1.165) is 12.8 Å². The number of rotatable bonds is 8. The molecule has 0 atom stereocenters. The molecule has 0 N–H and O–H groups in total. The summed E-state index contributed by atoms with van der Waals surface area (Å²) in [6.45, 7) is 0. The summed E-state index contributed by atoms with van der Waals surface area (Å²) in [6, 6.07) is 108. The molecule has 16 aromatic rings. The molecule has 87 heavy (non-hydrogen) atoms. The Kier molecular flexibility index (Phi) is 11.1. The number of aromatic nitrogens is 2. The van der Waals surface area contributed by atoms with Crippen molar-refractivity contribution in [2.45, 2.75) is 18.3 Å². The maximum absolute atomic E-state index is 2.51. The lowest BCUT2D eigenvalue weighted by molar-refractivity contribution is 0.626. The van der Waals surface area contributed by atoms with Gasteiger partial charge in [0.05, 0.1) is 33.4 Å². The van der Waals surface area contributed by atoms with Crippen LogP contribution >= 0.6 is 0 Å². The largest absolute Gasteiger partial charge is 0.309 e. The standard InChI is InChI=1S/C85H56N2/c1-2-16-64-54-76-67(51-63(64)15-1)47-48-85(76)77-49-57(29-27-55-31-37-59(38-32-55)65-41-45-83-74(52-65)72-21-7-9-23-81(72)86(83)79-25-11-17-61-13-3-5-19-68(61)79)35-43-70(77)71-44-36-58(50-78(71)85)30-28-56-33-39-60(40-34-56)66-42-46-84-75(53-66)73-22-8-10-24-82(73)87(84)80-26-12-18-62-14-4-6-20-69(62)80/h1-46,49-54H,47-48H2. The van der Waals surface area contributed by atoms with Crippen LogP contribution in [-0.2, 0) is 11.8 Å². The van der Waals surface area contributed by atoms with E-state index >= 15 is 0 Å². The fourth-order valence-electron chi connectivity index (χ4n) is 15.1. The molecule has 2 nitrogen and oxygen atoms in total. The maximum atomic E-state index is 2.51. The quantitative estimate of drug-likeness (QED) is 0.134. The average Bonchev–Trinajstić information content (AvgIpc) is 1.56. The van der Waals surface area contributed by atoms with Crippen molar-refractivity contribution in [2.75, 3.05) is 0 Å². The van der Waals surface area contributed by atoms with Crippen LogP contribution in [0.4, 0.5) is 0 Å². The Morgan fingerprint density at radius 2 is 0.655 bits per heavy atom. The molecule has 14 aromatic carbocycles. The summed E-state index contributed by atoms with van der Waals surface area (Å²) in [5, 5.41) is 12.6. The molecule has 2 heteroatoms. The Morgan fingerprint density at radius 1 is 0.264 bits per heavy atom. The first-order chi connectivity index (χ1) is 43.1. The van der Waals surface area contributed by atoms with Gasteiger partial charge in [-0.05, 0) is 179 Å². The van der Waals surface area contributed by atoms with Crippen molar-refractivity contribution >= 4 is 100 Å². The van der Waals surface area contributed by atoms with E-state index in [1.54, 1.807) is 0 Å². The van der Waals surface area contributed by atoms with Crippen molar-refractivity contribution in [2.24, 2.45) is 0 Å². The molecule has 2 aliphatic carbocycles. The van der Waals surface area contributed by atoms with E-state index in [2.05, 4.69) is 325 Å². The first kappa shape index (κ1) is 49.4. The molecule has 0 aliphatic heterocycles. The predicted octanol–water partition coefficient (Wildman–Crippen LogP) is 22.3. The van der Waals surface area contributed by atoms with E-state index < -0.39 is 0 Å². The monoisotopic (exact) mass is 1100 g/mol. The summed E-state index contributed by atoms with van der Waals surface area (Å²) >= 11 is 0. The van der Waals surface area contributed by atoms with Gasteiger partial charge < -0.3 is 9.13 Å². The lowest BCUT2D eigenvalue weighted by Crippen LogP contribution is -2.23. The fraction of sp³-hybridized carbons (Fsp3) is 0.0353. The summed E-state index contributed by atoms with van der Waals surface area (Å²) < 4.78 is 4.87. The first-order valence-electron chi connectivity index (χ1n) is 30.5. The molecule has 0 radical (unpaired) electrons. The minimum Gasteiger partial charge on any atom is -0.309 e. The van der Waals surface area contributed by atoms with E-state index in [-0.39, 0.29) is 5.41 Å². The summed E-state index contributed by atoms with van der Waals surface area (Å²) in [6.07, 6.45) is 11.2. The first-order valence-corrected chi connectivity index (χ1v) is 30.5. The van der Waals surface area contributed by atoms with Gasteiger partial charge in [0, 0.05) is 37.7 Å². The molecule has 406 valence electrons. The maximum Gasteiger partial charge on any atom is 0.0541 e. The van der Waals surface area contributed by atoms with Crippen LogP contribution in [0.2, 0.25) is 0 Å². The zero-order valence-corrected chi connectivity index (χ0v) is 47.8. The highest BCUT2D eigenvalue weighted by molar-refractivity contribution is 6.13. The third kappa shape index (κ3) is 7.81. The van der Waals surface area contributed by atoms with Crippen molar-refractivity contribution in [1.82, 2.24) is 9.13 Å². The van der Waals surface area contributed by atoms with Gasteiger partial charge in [0.25, 0.3) is 0 Å². The van der Waals surface area contributed by atoms with Crippen LogP contribution in [0.15, 0.2) is 291 Å². The number of benzene rings is 14. The van der Waals surface area contributed by atoms with Gasteiger partial charge in [0.15, 0.2) is 0 Å². The Balaban J connectivity index is 0.646. The van der Waals surface area contributed by atoms with Crippen molar-refractivity contribution < 1.29 is 0 Å². The van der Waals surface area contributed by atoms with Crippen molar-refractivity contribution in [3.05, 3.63) is 336 Å². The van der Waals surface area contributed by atoms with Crippen LogP contribution in [0.3, 0.4) is 0 Å². The molecule has 18 rings (SSSR count). The number of hydrogen-bond donors (Lipinski definition) is 0. The van der Waals surface area contributed by atoms with Crippen LogP contribution in [0.25, 0.3) is 145 Å². The number of nitrogens with zero attached hydrogens (tertiary/aromatic N) is 2. The highest BCUT2D eigenvalue weighted by Crippen LogP contribution is 2.59. The molecule has 2 heterocycles. The molecular weight excluding hydrogens is 1050 g/mol. The van der Waals surface area contributed by atoms with Gasteiger partial charge in [0.1, 0.15) is 0 Å². The van der Waals surface area contributed by atoms with E-state index in [1.807, 2.05) is 0 Å². The minimum atomic E-state index is -0.258. The Bertz CT molecular complexity index is 5260. The van der Waals surface area contributed by atoms with Crippen LogP contribution in [-0.4, -0.2) is 9.13 Å². The molecule has 0 fully saturated rings. The van der Waals surface area contributed by atoms with Gasteiger partial charge in [-0.15, -0.1) is 0 Å². The van der Waals surface area contributed by atoms with Crippen molar-refractivity contribution in [3.63, 3.8) is 0 Å². The van der Waals surface area contributed by atoms with Gasteiger partial charge in [-0.2, -0.15) is 0 Å². The lowest BCUT2D eigenvalue weighted by Gasteiger charge is -2.29. The van der Waals surface area contributed by atoms with Crippen LogP contribution in [0.5, 0.6) is 0 Å². The highest BCUT2D eigenvalue weighted by Gasteiger charge is 2.48. The zero-order chi connectivity index (χ0) is 57.2. The summed E-state index contributed by atoms with van der Waals surface area (Å²) in [7, 11) is 0. The zero-order valence-electron chi connectivity index (χ0n) is 47.8. The Morgan fingerprint density at radius 3 is 1.16 bits per heavy atom. The Labute approximate surface area is 505 Å². The molecule has 0 unspecified atom stereocenters. The third-order valence-electron chi connectivity index (χ3n) is 19.3. The molecule has 0 saturated heterocycles. The smallest absolute Gasteiger partial charge is 0.0541 e. The van der Waals surface area contributed by atoms with Gasteiger partial charge in [-0.1, -0.05) is 249 Å². The third-order valence-corrected chi connectivity index (χ3v) is 19.3. The second-order valence-corrected chi connectivity index (χ2v) is 23.9. The molecule has 0 bridgehead atoms. The highest BCUT2D eigenvalue weighted by atomic mass is 15.0. The summed E-state index contributed by atoms with van der Waals surface area (Å²) in [5.74, 6) is 0.